The molecular weight excluding hydrogens is 344 g/mol. The molecule has 1 fully saturated rings. The van der Waals surface area contributed by atoms with Crippen LogP contribution in [-0.4, -0.2) is 52.0 Å². The van der Waals surface area contributed by atoms with E-state index in [2.05, 4.69) is 5.32 Å². The minimum absolute atomic E-state index is 0.133. The molecule has 1 aromatic carbocycles. The quantitative estimate of drug-likeness (QED) is 0.794. The molecule has 0 saturated carbocycles. The maximum atomic E-state index is 12.8. The van der Waals surface area contributed by atoms with Crippen LogP contribution in [0.3, 0.4) is 0 Å². The molecule has 1 aliphatic heterocycles. The zero-order valence-corrected chi connectivity index (χ0v) is 15.8. The number of amides is 1. The van der Waals surface area contributed by atoms with Crippen molar-refractivity contribution in [2.45, 2.75) is 31.6 Å². The van der Waals surface area contributed by atoms with Crippen molar-refractivity contribution < 1.29 is 22.7 Å². The van der Waals surface area contributed by atoms with Crippen molar-refractivity contribution in [2.24, 2.45) is 5.92 Å². The first kappa shape index (κ1) is 19.7. The number of morpholine rings is 1. The van der Waals surface area contributed by atoms with Crippen molar-refractivity contribution in [1.82, 2.24) is 4.31 Å². The fraction of sp³-hybridized carbons (Fsp3) is 0.588. The van der Waals surface area contributed by atoms with E-state index in [9.17, 15) is 13.2 Å². The maximum absolute atomic E-state index is 12.8. The minimum atomic E-state index is -3.63. The van der Waals surface area contributed by atoms with Crippen molar-refractivity contribution in [2.75, 3.05) is 38.7 Å². The van der Waals surface area contributed by atoms with Crippen LogP contribution in [0, 0.1) is 5.92 Å². The summed E-state index contributed by atoms with van der Waals surface area (Å²) in [7, 11) is -2.15. The normalized spacial score (nSPS) is 17.1. The van der Waals surface area contributed by atoms with Gasteiger partial charge in [-0.15, -0.1) is 0 Å². The van der Waals surface area contributed by atoms with Gasteiger partial charge in [0.2, 0.25) is 15.9 Å². The Bertz CT molecular complexity index is 699. The summed E-state index contributed by atoms with van der Waals surface area (Å²) in [6.45, 7) is 5.27. The monoisotopic (exact) mass is 370 g/mol. The van der Waals surface area contributed by atoms with E-state index in [0.717, 1.165) is 12.8 Å². The lowest BCUT2D eigenvalue weighted by Gasteiger charge is -2.26. The molecule has 1 amide bonds. The Labute approximate surface area is 149 Å². The highest BCUT2D eigenvalue weighted by Gasteiger charge is 2.27. The van der Waals surface area contributed by atoms with Crippen LogP contribution < -0.4 is 10.1 Å². The van der Waals surface area contributed by atoms with Crippen molar-refractivity contribution in [3.8, 4) is 5.75 Å². The van der Waals surface area contributed by atoms with Crippen LogP contribution >= 0.6 is 0 Å². The van der Waals surface area contributed by atoms with Crippen molar-refractivity contribution in [3.05, 3.63) is 18.2 Å². The van der Waals surface area contributed by atoms with E-state index in [1.807, 2.05) is 13.8 Å². The Hall–Kier alpha value is -1.64. The lowest BCUT2D eigenvalue weighted by Crippen LogP contribution is -2.40. The number of nitrogens with zero attached hydrogens (tertiary/aromatic N) is 1. The van der Waals surface area contributed by atoms with Crippen LogP contribution in [0.2, 0.25) is 0 Å². The van der Waals surface area contributed by atoms with Gasteiger partial charge in [-0.3, -0.25) is 4.79 Å². The zero-order valence-electron chi connectivity index (χ0n) is 14.9. The van der Waals surface area contributed by atoms with Crippen LogP contribution in [0.4, 0.5) is 5.69 Å². The van der Waals surface area contributed by atoms with Crippen molar-refractivity contribution in [1.29, 1.82) is 0 Å². The molecule has 0 aromatic heterocycles. The van der Waals surface area contributed by atoms with Crippen LogP contribution in [0.15, 0.2) is 23.1 Å². The SMILES string of the molecule is CCCC(C)C(=O)Nc1cc(S(=O)(=O)N2CCOCC2)ccc1OC. The molecule has 25 heavy (non-hydrogen) atoms. The Balaban J connectivity index is 2.28. The van der Waals surface area contributed by atoms with Crippen LogP contribution in [0.25, 0.3) is 0 Å². The predicted molar refractivity (Wildman–Crippen MR) is 95.3 cm³/mol. The number of carbonyl (C=O) groups excluding carboxylic acids is 1. The van der Waals surface area contributed by atoms with Gasteiger partial charge in [-0.05, 0) is 24.6 Å². The molecule has 1 atom stereocenters. The molecule has 1 heterocycles. The molecule has 1 unspecified atom stereocenters. The number of methoxy groups -OCH3 is 1. The van der Waals surface area contributed by atoms with Gasteiger partial charge >= 0.3 is 0 Å². The standard InChI is InChI=1S/C17H26N2O5S/c1-4-5-13(2)17(20)18-15-12-14(6-7-16(15)23-3)25(21,22)19-8-10-24-11-9-19/h6-7,12-13H,4-5,8-11H2,1-3H3,(H,18,20). The third-order valence-corrected chi connectivity index (χ3v) is 6.10. The first-order valence-corrected chi connectivity index (χ1v) is 9.91. The lowest BCUT2D eigenvalue weighted by atomic mass is 10.1. The lowest BCUT2D eigenvalue weighted by molar-refractivity contribution is -0.119. The molecule has 7 nitrogen and oxygen atoms in total. The van der Waals surface area contributed by atoms with Gasteiger partial charge in [-0.25, -0.2) is 8.42 Å². The van der Waals surface area contributed by atoms with E-state index in [1.54, 1.807) is 6.07 Å². The number of hydrogen-bond donors (Lipinski definition) is 1. The summed E-state index contributed by atoms with van der Waals surface area (Å²) in [5.74, 6) is 0.119. The molecular formula is C17H26N2O5S. The molecule has 2 rings (SSSR count). The topological polar surface area (TPSA) is 84.9 Å². The first-order valence-electron chi connectivity index (χ1n) is 8.47. The zero-order chi connectivity index (χ0) is 18.4. The van der Waals surface area contributed by atoms with Crippen LogP contribution in [0.1, 0.15) is 26.7 Å². The molecule has 0 radical (unpaired) electrons. The smallest absolute Gasteiger partial charge is 0.243 e. The molecule has 1 aliphatic rings. The summed E-state index contributed by atoms with van der Waals surface area (Å²) < 4.78 is 37.4. The van der Waals surface area contributed by atoms with Gasteiger partial charge < -0.3 is 14.8 Å². The second-order valence-corrected chi connectivity index (χ2v) is 8.00. The molecule has 0 aliphatic carbocycles. The average Bonchev–Trinajstić information content (AvgIpc) is 2.62. The van der Waals surface area contributed by atoms with E-state index in [0.29, 0.717) is 37.7 Å². The summed E-state index contributed by atoms with van der Waals surface area (Å²) in [6.07, 6.45) is 1.66. The third kappa shape index (κ3) is 4.71. The summed E-state index contributed by atoms with van der Waals surface area (Å²) in [6, 6.07) is 4.52. The minimum Gasteiger partial charge on any atom is -0.495 e. The average molecular weight is 370 g/mol. The fourth-order valence-corrected chi connectivity index (χ4v) is 4.14. The number of nitrogens with one attached hydrogen (secondary N) is 1. The second-order valence-electron chi connectivity index (χ2n) is 6.06. The van der Waals surface area contributed by atoms with E-state index in [4.69, 9.17) is 9.47 Å². The van der Waals surface area contributed by atoms with E-state index in [1.165, 1.54) is 23.5 Å². The first-order chi connectivity index (χ1) is 11.9. The van der Waals surface area contributed by atoms with Crippen LogP contribution in [0.5, 0.6) is 5.75 Å². The summed E-state index contributed by atoms with van der Waals surface area (Å²) in [5, 5.41) is 2.79. The van der Waals surface area contributed by atoms with Gasteiger partial charge in [0, 0.05) is 19.0 Å². The molecule has 8 heteroatoms. The van der Waals surface area contributed by atoms with Crippen molar-refractivity contribution in [3.63, 3.8) is 0 Å². The number of hydrogen-bond acceptors (Lipinski definition) is 5. The number of rotatable bonds is 7. The summed E-state index contributed by atoms with van der Waals surface area (Å²) in [4.78, 5) is 12.4. The molecule has 140 valence electrons. The molecule has 1 N–H and O–H groups in total. The van der Waals surface area contributed by atoms with Gasteiger partial charge in [0.1, 0.15) is 5.75 Å². The number of ether oxygens (including phenoxy) is 2. The Morgan fingerprint density at radius 1 is 1.36 bits per heavy atom. The van der Waals surface area contributed by atoms with Crippen molar-refractivity contribution >= 4 is 21.6 Å². The highest BCUT2D eigenvalue weighted by Crippen LogP contribution is 2.29. The molecule has 0 spiro atoms. The number of carbonyl (C=O) groups is 1. The molecule has 1 saturated heterocycles. The Kier molecular flexibility index (Phi) is 6.80. The largest absolute Gasteiger partial charge is 0.495 e. The molecule has 0 bridgehead atoms. The summed E-state index contributed by atoms with van der Waals surface area (Å²) in [5.41, 5.74) is 0.366. The third-order valence-electron chi connectivity index (χ3n) is 4.21. The number of sulfonamides is 1. The van der Waals surface area contributed by atoms with E-state index in [-0.39, 0.29) is 16.7 Å². The number of anilines is 1. The van der Waals surface area contributed by atoms with Gasteiger partial charge in [-0.1, -0.05) is 20.3 Å². The Morgan fingerprint density at radius 2 is 2.04 bits per heavy atom. The Morgan fingerprint density at radius 3 is 2.64 bits per heavy atom. The predicted octanol–water partition coefficient (Wildman–Crippen LogP) is 2.09. The number of benzene rings is 1. The van der Waals surface area contributed by atoms with E-state index < -0.39 is 10.0 Å². The molecule has 1 aromatic rings. The van der Waals surface area contributed by atoms with Gasteiger partial charge in [0.25, 0.3) is 0 Å². The van der Waals surface area contributed by atoms with Gasteiger partial charge in [0.15, 0.2) is 0 Å². The van der Waals surface area contributed by atoms with Gasteiger partial charge in [-0.2, -0.15) is 4.31 Å². The highest BCUT2D eigenvalue weighted by atomic mass is 32.2. The second kappa shape index (κ2) is 8.64. The van der Waals surface area contributed by atoms with E-state index >= 15 is 0 Å². The fourth-order valence-electron chi connectivity index (χ4n) is 2.70. The van der Waals surface area contributed by atoms with Crippen LogP contribution in [-0.2, 0) is 19.6 Å². The van der Waals surface area contributed by atoms with Gasteiger partial charge in [0.05, 0.1) is 30.9 Å². The maximum Gasteiger partial charge on any atom is 0.243 e. The highest BCUT2D eigenvalue weighted by molar-refractivity contribution is 7.89. The summed E-state index contributed by atoms with van der Waals surface area (Å²) >= 11 is 0.